The third-order valence-corrected chi connectivity index (χ3v) is 2.40. The minimum absolute atomic E-state index is 0.143. The largest absolute Gasteiger partial charge is 0.403 e. The number of nitrogens with one attached hydrogen (secondary N) is 1. The van der Waals surface area contributed by atoms with Gasteiger partial charge in [0.2, 0.25) is 0 Å². The van der Waals surface area contributed by atoms with Crippen LogP contribution in [-0.2, 0) is 4.74 Å². The maximum absolute atomic E-state index is 12.3. The van der Waals surface area contributed by atoms with Gasteiger partial charge in [0.05, 0.1) is 6.61 Å². The zero-order chi connectivity index (χ0) is 10.6. The maximum Gasteiger partial charge on any atom is 0.403 e. The van der Waals surface area contributed by atoms with Crippen LogP contribution >= 0.6 is 0 Å². The summed E-state index contributed by atoms with van der Waals surface area (Å²) in [4.78, 5) is 0. The summed E-state index contributed by atoms with van der Waals surface area (Å²) in [5, 5.41) is 2.58. The number of hydrogen-bond acceptors (Lipinski definition) is 2. The van der Waals surface area contributed by atoms with Crippen molar-refractivity contribution in [3.8, 4) is 0 Å². The molecule has 0 spiro atoms. The molecule has 84 valence electrons. The van der Waals surface area contributed by atoms with Gasteiger partial charge in [-0.3, -0.25) is 0 Å². The molecule has 1 saturated heterocycles. The zero-order valence-electron chi connectivity index (χ0n) is 8.23. The summed E-state index contributed by atoms with van der Waals surface area (Å²) < 4.78 is 42.1. The van der Waals surface area contributed by atoms with E-state index in [0.29, 0.717) is 19.6 Å². The van der Waals surface area contributed by atoms with Crippen LogP contribution in [0.4, 0.5) is 13.2 Å². The van der Waals surface area contributed by atoms with Crippen LogP contribution in [0.3, 0.4) is 0 Å². The first-order valence-electron chi connectivity index (χ1n) is 4.94. The third kappa shape index (κ3) is 3.46. The second kappa shape index (κ2) is 4.98. The Morgan fingerprint density at radius 2 is 2.07 bits per heavy atom. The molecule has 0 amide bonds. The fourth-order valence-corrected chi connectivity index (χ4v) is 1.67. The first-order chi connectivity index (χ1) is 6.54. The SMILES string of the molecule is CCOCC1CCCC(C(F)(F)F)N1. The highest BCUT2D eigenvalue weighted by molar-refractivity contribution is 4.84. The van der Waals surface area contributed by atoms with Crippen LogP contribution in [-0.4, -0.2) is 31.5 Å². The molecule has 0 aromatic heterocycles. The molecule has 1 heterocycles. The molecule has 1 fully saturated rings. The summed E-state index contributed by atoms with van der Waals surface area (Å²) >= 11 is 0. The van der Waals surface area contributed by atoms with Gasteiger partial charge in [-0.2, -0.15) is 13.2 Å². The van der Waals surface area contributed by atoms with Gasteiger partial charge < -0.3 is 10.1 Å². The van der Waals surface area contributed by atoms with Crippen molar-refractivity contribution < 1.29 is 17.9 Å². The topological polar surface area (TPSA) is 21.3 Å². The lowest BCUT2D eigenvalue weighted by molar-refractivity contribution is -0.164. The van der Waals surface area contributed by atoms with Crippen molar-refractivity contribution in [3.63, 3.8) is 0 Å². The molecule has 1 aliphatic rings. The van der Waals surface area contributed by atoms with E-state index in [-0.39, 0.29) is 12.5 Å². The predicted molar refractivity (Wildman–Crippen MR) is 47.1 cm³/mol. The summed E-state index contributed by atoms with van der Waals surface area (Å²) in [6, 6.07) is -1.49. The van der Waals surface area contributed by atoms with E-state index >= 15 is 0 Å². The minimum atomic E-state index is -4.12. The molecule has 0 aromatic carbocycles. The molecule has 5 heteroatoms. The number of hydrogen-bond donors (Lipinski definition) is 1. The Hall–Kier alpha value is -0.290. The fraction of sp³-hybridized carbons (Fsp3) is 1.00. The average molecular weight is 211 g/mol. The lowest BCUT2D eigenvalue weighted by atomic mass is 9.99. The second-order valence-corrected chi connectivity index (χ2v) is 3.55. The molecule has 0 radical (unpaired) electrons. The van der Waals surface area contributed by atoms with Gasteiger partial charge in [-0.05, 0) is 26.2 Å². The predicted octanol–water partition coefficient (Wildman–Crippen LogP) is 2.10. The molecule has 14 heavy (non-hydrogen) atoms. The average Bonchev–Trinajstić information content (AvgIpc) is 2.14. The summed E-state index contributed by atoms with van der Waals surface area (Å²) in [6.45, 7) is 2.77. The summed E-state index contributed by atoms with van der Waals surface area (Å²) in [7, 11) is 0. The number of rotatable bonds is 3. The Balaban J connectivity index is 2.36. The molecule has 0 aromatic rings. The van der Waals surface area contributed by atoms with Gasteiger partial charge in [-0.25, -0.2) is 0 Å². The summed E-state index contributed by atoms with van der Waals surface area (Å²) in [6.07, 6.45) is -2.54. The van der Waals surface area contributed by atoms with E-state index in [1.54, 1.807) is 0 Å². The Labute approximate surface area is 81.8 Å². The molecule has 2 atom stereocenters. The number of alkyl halides is 3. The van der Waals surface area contributed by atoms with Gasteiger partial charge in [0.15, 0.2) is 0 Å². The van der Waals surface area contributed by atoms with Crippen molar-refractivity contribution in [1.82, 2.24) is 5.32 Å². The van der Waals surface area contributed by atoms with Crippen molar-refractivity contribution in [1.29, 1.82) is 0 Å². The van der Waals surface area contributed by atoms with E-state index < -0.39 is 12.2 Å². The Morgan fingerprint density at radius 1 is 1.36 bits per heavy atom. The quantitative estimate of drug-likeness (QED) is 0.771. The van der Waals surface area contributed by atoms with Gasteiger partial charge in [-0.1, -0.05) is 0 Å². The van der Waals surface area contributed by atoms with Crippen LogP contribution in [0, 0.1) is 0 Å². The lowest BCUT2D eigenvalue weighted by Crippen LogP contribution is -2.51. The molecule has 2 unspecified atom stereocenters. The first-order valence-corrected chi connectivity index (χ1v) is 4.94. The number of ether oxygens (including phenoxy) is 1. The maximum atomic E-state index is 12.3. The summed E-state index contributed by atoms with van der Waals surface area (Å²) in [5.41, 5.74) is 0. The normalized spacial score (nSPS) is 29.1. The van der Waals surface area contributed by atoms with Crippen LogP contribution in [0.25, 0.3) is 0 Å². The highest BCUT2D eigenvalue weighted by Gasteiger charge is 2.41. The summed E-state index contributed by atoms with van der Waals surface area (Å²) in [5.74, 6) is 0. The van der Waals surface area contributed by atoms with Crippen molar-refractivity contribution in [2.45, 2.75) is 44.4 Å². The van der Waals surface area contributed by atoms with Crippen molar-refractivity contribution in [2.75, 3.05) is 13.2 Å². The second-order valence-electron chi connectivity index (χ2n) is 3.55. The zero-order valence-corrected chi connectivity index (χ0v) is 8.23. The van der Waals surface area contributed by atoms with Crippen molar-refractivity contribution >= 4 is 0 Å². The van der Waals surface area contributed by atoms with Crippen LogP contribution in [0.2, 0.25) is 0 Å². The van der Waals surface area contributed by atoms with E-state index in [9.17, 15) is 13.2 Å². The first kappa shape index (κ1) is 11.8. The number of piperidine rings is 1. The van der Waals surface area contributed by atoms with Gasteiger partial charge >= 0.3 is 6.18 Å². The van der Waals surface area contributed by atoms with Gasteiger partial charge in [0.25, 0.3) is 0 Å². The smallest absolute Gasteiger partial charge is 0.380 e. The van der Waals surface area contributed by atoms with Gasteiger partial charge in [0.1, 0.15) is 6.04 Å². The van der Waals surface area contributed by atoms with Crippen molar-refractivity contribution in [3.05, 3.63) is 0 Å². The van der Waals surface area contributed by atoms with Crippen LogP contribution in [0.15, 0.2) is 0 Å². The lowest BCUT2D eigenvalue weighted by Gasteiger charge is -2.32. The molecule has 1 rings (SSSR count). The van der Waals surface area contributed by atoms with E-state index in [1.165, 1.54) is 0 Å². The Kier molecular flexibility index (Phi) is 4.19. The molecule has 0 bridgehead atoms. The molecule has 1 aliphatic heterocycles. The van der Waals surface area contributed by atoms with E-state index in [2.05, 4.69) is 5.32 Å². The third-order valence-electron chi connectivity index (χ3n) is 2.40. The van der Waals surface area contributed by atoms with E-state index in [1.807, 2.05) is 6.92 Å². The van der Waals surface area contributed by atoms with Crippen LogP contribution < -0.4 is 5.32 Å². The molecule has 1 N–H and O–H groups in total. The van der Waals surface area contributed by atoms with Gasteiger partial charge in [0, 0.05) is 12.6 Å². The minimum Gasteiger partial charge on any atom is -0.380 e. The monoisotopic (exact) mass is 211 g/mol. The standard InChI is InChI=1S/C9H16F3NO/c1-2-14-6-7-4-3-5-8(13-7)9(10,11)12/h7-8,13H,2-6H2,1H3. The molecule has 0 aliphatic carbocycles. The highest BCUT2D eigenvalue weighted by atomic mass is 19.4. The molecular formula is C9H16F3NO. The molecule has 0 saturated carbocycles. The number of halogens is 3. The van der Waals surface area contributed by atoms with Gasteiger partial charge in [-0.15, -0.1) is 0 Å². The Morgan fingerprint density at radius 3 is 2.64 bits per heavy atom. The van der Waals surface area contributed by atoms with Crippen molar-refractivity contribution in [2.24, 2.45) is 0 Å². The van der Waals surface area contributed by atoms with E-state index in [4.69, 9.17) is 4.74 Å². The van der Waals surface area contributed by atoms with E-state index in [0.717, 1.165) is 6.42 Å². The molecule has 2 nitrogen and oxygen atoms in total. The fourth-order valence-electron chi connectivity index (χ4n) is 1.67. The van der Waals surface area contributed by atoms with Crippen LogP contribution in [0.1, 0.15) is 26.2 Å². The molecular weight excluding hydrogens is 195 g/mol. The highest BCUT2D eigenvalue weighted by Crippen LogP contribution is 2.27. The van der Waals surface area contributed by atoms with Crippen LogP contribution in [0.5, 0.6) is 0 Å². The Bertz CT molecular complexity index is 172.